The zero-order valence-electron chi connectivity index (χ0n) is 13.9. The van der Waals surface area contributed by atoms with Gasteiger partial charge >= 0.3 is 5.97 Å². The molecule has 0 aliphatic rings. The van der Waals surface area contributed by atoms with Crippen molar-refractivity contribution in [3.05, 3.63) is 24.3 Å². The number of methoxy groups -OCH3 is 1. The SMILES string of the molecule is CCOC(=O)[C@@H](Nc1ccc(OC)cc1)[C@@H](C(C)=O)C(C)C. The van der Waals surface area contributed by atoms with Crippen LogP contribution in [0.4, 0.5) is 5.69 Å². The lowest BCUT2D eigenvalue weighted by molar-refractivity contribution is -0.147. The summed E-state index contributed by atoms with van der Waals surface area (Å²) in [5.41, 5.74) is 0.741. The van der Waals surface area contributed by atoms with Gasteiger partial charge in [-0.2, -0.15) is 0 Å². The molecule has 1 aromatic rings. The number of Topliss-reactive ketones (excluding diaryl/α,β-unsaturated/α-hetero) is 1. The van der Waals surface area contributed by atoms with Crippen molar-refractivity contribution in [2.75, 3.05) is 19.0 Å². The number of benzene rings is 1. The van der Waals surface area contributed by atoms with Gasteiger partial charge in [0.2, 0.25) is 0 Å². The predicted octanol–water partition coefficient (Wildman–Crippen LogP) is 2.90. The van der Waals surface area contributed by atoms with Gasteiger partial charge in [-0.15, -0.1) is 0 Å². The lowest BCUT2D eigenvalue weighted by atomic mass is 9.85. The molecular weight excluding hydrogens is 282 g/mol. The number of anilines is 1. The molecule has 2 atom stereocenters. The summed E-state index contributed by atoms with van der Waals surface area (Å²) in [5.74, 6) is -0.134. The van der Waals surface area contributed by atoms with Crippen molar-refractivity contribution in [3.63, 3.8) is 0 Å². The van der Waals surface area contributed by atoms with Crippen molar-refractivity contribution in [2.45, 2.75) is 33.7 Å². The second-order valence-corrected chi connectivity index (χ2v) is 5.48. The van der Waals surface area contributed by atoms with Gasteiger partial charge < -0.3 is 14.8 Å². The maximum Gasteiger partial charge on any atom is 0.329 e. The molecule has 0 fully saturated rings. The third kappa shape index (κ3) is 4.76. The molecule has 0 aliphatic heterocycles. The van der Waals surface area contributed by atoms with E-state index in [4.69, 9.17) is 9.47 Å². The fourth-order valence-electron chi connectivity index (χ4n) is 2.48. The summed E-state index contributed by atoms with van der Waals surface area (Å²) < 4.78 is 10.2. The summed E-state index contributed by atoms with van der Waals surface area (Å²) in [7, 11) is 1.59. The van der Waals surface area contributed by atoms with E-state index in [1.165, 1.54) is 6.92 Å². The molecule has 0 spiro atoms. The zero-order chi connectivity index (χ0) is 16.7. The van der Waals surface area contributed by atoms with Crippen LogP contribution in [0.15, 0.2) is 24.3 Å². The van der Waals surface area contributed by atoms with Gasteiger partial charge in [-0.1, -0.05) is 13.8 Å². The Hall–Kier alpha value is -2.04. The Bertz CT molecular complexity index is 496. The van der Waals surface area contributed by atoms with Gasteiger partial charge in [0.1, 0.15) is 17.6 Å². The van der Waals surface area contributed by atoms with Crippen LogP contribution in [0.25, 0.3) is 0 Å². The minimum absolute atomic E-state index is 0.0256. The first-order chi connectivity index (χ1) is 10.4. The average molecular weight is 307 g/mol. The maximum atomic E-state index is 12.3. The molecule has 0 aliphatic carbocycles. The second-order valence-electron chi connectivity index (χ2n) is 5.48. The Morgan fingerprint density at radius 1 is 1.18 bits per heavy atom. The number of hydrogen-bond acceptors (Lipinski definition) is 5. The van der Waals surface area contributed by atoms with E-state index in [0.29, 0.717) is 0 Å². The third-order valence-corrected chi connectivity index (χ3v) is 3.50. The summed E-state index contributed by atoms with van der Waals surface area (Å²) in [6.45, 7) is 7.39. The third-order valence-electron chi connectivity index (χ3n) is 3.50. The number of carbonyl (C=O) groups is 2. The first-order valence-corrected chi connectivity index (χ1v) is 7.48. The van der Waals surface area contributed by atoms with E-state index < -0.39 is 17.9 Å². The van der Waals surface area contributed by atoms with E-state index >= 15 is 0 Å². The summed E-state index contributed by atoms with van der Waals surface area (Å²) in [4.78, 5) is 24.2. The molecule has 122 valence electrons. The molecule has 0 heterocycles. The zero-order valence-corrected chi connectivity index (χ0v) is 13.9. The van der Waals surface area contributed by atoms with E-state index in [0.717, 1.165) is 11.4 Å². The molecule has 22 heavy (non-hydrogen) atoms. The topological polar surface area (TPSA) is 64.6 Å². The van der Waals surface area contributed by atoms with E-state index in [9.17, 15) is 9.59 Å². The Labute approximate surface area is 132 Å². The largest absolute Gasteiger partial charge is 0.497 e. The molecule has 0 aromatic heterocycles. The average Bonchev–Trinajstić information content (AvgIpc) is 2.46. The number of ether oxygens (including phenoxy) is 2. The summed E-state index contributed by atoms with van der Waals surface area (Å²) in [6.07, 6.45) is 0. The van der Waals surface area contributed by atoms with E-state index in [1.807, 2.05) is 26.0 Å². The van der Waals surface area contributed by atoms with Gasteiger partial charge in [0, 0.05) is 5.69 Å². The van der Waals surface area contributed by atoms with Crippen molar-refractivity contribution >= 4 is 17.4 Å². The van der Waals surface area contributed by atoms with Crippen molar-refractivity contribution < 1.29 is 19.1 Å². The molecule has 0 unspecified atom stereocenters. The van der Waals surface area contributed by atoms with E-state index in [-0.39, 0.29) is 18.3 Å². The van der Waals surface area contributed by atoms with Crippen molar-refractivity contribution in [1.29, 1.82) is 0 Å². The number of carbonyl (C=O) groups excluding carboxylic acids is 2. The highest BCUT2D eigenvalue weighted by Gasteiger charge is 2.35. The quantitative estimate of drug-likeness (QED) is 0.748. The summed E-state index contributed by atoms with van der Waals surface area (Å²) in [5, 5.41) is 3.13. The number of nitrogens with one attached hydrogen (secondary N) is 1. The van der Waals surface area contributed by atoms with Crippen LogP contribution in [0.1, 0.15) is 27.7 Å². The van der Waals surface area contributed by atoms with Crippen molar-refractivity contribution in [2.24, 2.45) is 11.8 Å². The highest BCUT2D eigenvalue weighted by Crippen LogP contribution is 2.23. The van der Waals surface area contributed by atoms with Crippen LogP contribution < -0.4 is 10.1 Å². The van der Waals surface area contributed by atoms with Crippen molar-refractivity contribution in [3.8, 4) is 5.75 Å². The fraction of sp³-hybridized carbons (Fsp3) is 0.529. The number of rotatable bonds is 8. The van der Waals surface area contributed by atoms with Gasteiger partial charge in [0.05, 0.1) is 19.6 Å². The molecule has 1 rings (SSSR count). The smallest absolute Gasteiger partial charge is 0.329 e. The van der Waals surface area contributed by atoms with E-state index in [1.54, 1.807) is 26.2 Å². The highest BCUT2D eigenvalue weighted by atomic mass is 16.5. The molecular formula is C17H25NO4. The van der Waals surface area contributed by atoms with Gasteiger partial charge in [-0.3, -0.25) is 4.79 Å². The van der Waals surface area contributed by atoms with Crippen LogP contribution in [0.2, 0.25) is 0 Å². The molecule has 5 nitrogen and oxygen atoms in total. The fourth-order valence-corrected chi connectivity index (χ4v) is 2.48. The molecule has 0 saturated heterocycles. The Morgan fingerprint density at radius 3 is 2.18 bits per heavy atom. The van der Waals surface area contributed by atoms with Gasteiger partial charge in [0.25, 0.3) is 0 Å². The molecule has 0 bridgehead atoms. The van der Waals surface area contributed by atoms with Crippen LogP contribution in [0, 0.1) is 11.8 Å². The lowest BCUT2D eigenvalue weighted by Crippen LogP contribution is -2.44. The molecule has 5 heteroatoms. The Kier molecular flexibility index (Phi) is 6.89. The first kappa shape index (κ1) is 18.0. The van der Waals surface area contributed by atoms with Gasteiger partial charge in [0.15, 0.2) is 0 Å². The molecule has 0 saturated carbocycles. The highest BCUT2D eigenvalue weighted by molar-refractivity contribution is 5.89. The molecule has 1 aromatic carbocycles. The van der Waals surface area contributed by atoms with E-state index in [2.05, 4.69) is 5.32 Å². The Morgan fingerprint density at radius 2 is 1.77 bits per heavy atom. The first-order valence-electron chi connectivity index (χ1n) is 7.48. The maximum absolute atomic E-state index is 12.3. The van der Waals surface area contributed by atoms with Gasteiger partial charge in [-0.05, 0) is 44.0 Å². The minimum Gasteiger partial charge on any atom is -0.497 e. The predicted molar refractivity (Wildman–Crippen MR) is 86.0 cm³/mol. The Balaban J connectivity index is 3.02. The number of hydrogen-bond donors (Lipinski definition) is 1. The minimum atomic E-state index is -0.703. The van der Waals surface area contributed by atoms with Crippen LogP contribution in [-0.2, 0) is 14.3 Å². The van der Waals surface area contributed by atoms with Crippen molar-refractivity contribution in [1.82, 2.24) is 0 Å². The van der Waals surface area contributed by atoms with Gasteiger partial charge in [-0.25, -0.2) is 4.79 Å². The second kappa shape index (κ2) is 8.41. The number of ketones is 1. The van der Waals surface area contributed by atoms with Crippen LogP contribution >= 0.6 is 0 Å². The standard InChI is InChI=1S/C17H25NO4/c1-6-22-17(20)16(15(11(2)3)12(4)19)18-13-7-9-14(21-5)10-8-13/h7-11,15-16,18H,6H2,1-5H3/t15-,16+/m1/s1. The molecule has 0 radical (unpaired) electrons. The summed E-state index contributed by atoms with van der Waals surface area (Å²) >= 11 is 0. The van der Waals surface area contributed by atoms with Crippen LogP contribution in [0.5, 0.6) is 5.75 Å². The van der Waals surface area contributed by atoms with Crippen LogP contribution in [-0.4, -0.2) is 31.5 Å². The molecule has 0 amide bonds. The number of esters is 1. The molecule has 1 N–H and O–H groups in total. The monoisotopic (exact) mass is 307 g/mol. The lowest BCUT2D eigenvalue weighted by Gasteiger charge is -2.28. The normalized spacial score (nSPS) is 13.4. The summed E-state index contributed by atoms with van der Waals surface area (Å²) in [6, 6.07) is 6.50. The van der Waals surface area contributed by atoms with Crippen LogP contribution in [0.3, 0.4) is 0 Å².